The second-order valence-corrected chi connectivity index (χ2v) is 4.45. The molecule has 1 atom stereocenters. The van der Waals surface area contributed by atoms with Crippen molar-refractivity contribution >= 4 is 5.91 Å². The number of imidazole rings is 1. The number of aromatic nitrogens is 2. The average molecular weight is 236 g/mol. The number of rotatable bonds is 5. The first-order valence-electron chi connectivity index (χ1n) is 6.31. The first-order chi connectivity index (χ1) is 8.31. The first kappa shape index (κ1) is 12.1. The summed E-state index contributed by atoms with van der Waals surface area (Å²) in [6.45, 7) is 4.21. The Balaban J connectivity index is 1.96. The molecule has 5 heteroatoms. The lowest BCUT2D eigenvalue weighted by molar-refractivity contribution is -0.121. The van der Waals surface area contributed by atoms with Gasteiger partial charge in [-0.2, -0.15) is 0 Å². The normalized spacial score (nSPS) is 19.5. The zero-order valence-corrected chi connectivity index (χ0v) is 10.3. The van der Waals surface area contributed by atoms with E-state index in [9.17, 15) is 4.79 Å². The Labute approximate surface area is 102 Å². The predicted octanol–water partition coefficient (Wildman–Crippen LogP) is 0.834. The van der Waals surface area contributed by atoms with Gasteiger partial charge in [0.15, 0.2) is 0 Å². The minimum Gasteiger partial charge on any atom is -0.355 e. The molecule has 0 bridgehead atoms. The van der Waals surface area contributed by atoms with Crippen LogP contribution in [0.4, 0.5) is 0 Å². The minimum absolute atomic E-state index is 0.0593. The largest absolute Gasteiger partial charge is 0.355 e. The summed E-state index contributed by atoms with van der Waals surface area (Å²) in [5.74, 6) is 0.0593. The highest BCUT2D eigenvalue weighted by Crippen LogP contribution is 2.22. The van der Waals surface area contributed by atoms with Crippen LogP contribution in [-0.2, 0) is 11.3 Å². The minimum atomic E-state index is 0.0593. The number of nitrogens with one attached hydrogen (secondary N) is 2. The van der Waals surface area contributed by atoms with Crippen LogP contribution in [-0.4, -0.2) is 28.5 Å². The molecular weight excluding hydrogens is 216 g/mol. The summed E-state index contributed by atoms with van der Waals surface area (Å²) < 4.78 is 1.94. The molecule has 1 saturated heterocycles. The van der Waals surface area contributed by atoms with Crippen molar-refractivity contribution in [2.45, 2.75) is 38.8 Å². The van der Waals surface area contributed by atoms with E-state index < -0.39 is 0 Å². The summed E-state index contributed by atoms with van der Waals surface area (Å²) in [7, 11) is 0. The topological polar surface area (TPSA) is 59.0 Å². The van der Waals surface area contributed by atoms with Gasteiger partial charge in [0.1, 0.15) is 6.54 Å². The van der Waals surface area contributed by atoms with Crippen molar-refractivity contribution in [2.75, 3.05) is 13.1 Å². The molecule has 0 radical (unpaired) electrons. The van der Waals surface area contributed by atoms with E-state index in [1.807, 2.05) is 17.7 Å². The Morgan fingerprint density at radius 2 is 2.59 bits per heavy atom. The third-order valence-corrected chi connectivity index (χ3v) is 3.05. The fraction of sp³-hybridized carbons (Fsp3) is 0.667. The predicted molar refractivity (Wildman–Crippen MR) is 65.5 cm³/mol. The van der Waals surface area contributed by atoms with Crippen LogP contribution in [0.2, 0.25) is 0 Å². The van der Waals surface area contributed by atoms with Crippen LogP contribution in [0.3, 0.4) is 0 Å². The summed E-state index contributed by atoms with van der Waals surface area (Å²) in [4.78, 5) is 15.8. The maximum Gasteiger partial charge on any atom is 0.239 e. The van der Waals surface area contributed by atoms with E-state index in [2.05, 4.69) is 15.6 Å². The highest BCUT2D eigenvalue weighted by atomic mass is 16.1. The van der Waals surface area contributed by atoms with Crippen LogP contribution in [0.1, 0.15) is 37.9 Å². The lowest BCUT2D eigenvalue weighted by Crippen LogP contribution is -2.29. The molecule has 17 heavy (non-hydrogen) atoms. The standard InChI is InChI=1S/C12H20N4O/c1-2-5-15-12(17)8-16-9-13-7-11(16)10-4-3-6-14-10/h7,9-10,14H,2-6,8H2,1H3,(H,15,17). The zero-order chi connectivity index (χ0) is 12.1. The Morgan fingerprint density at radius 1 is 1.71 bits per heavy atom. The van der Waals surface area contributed by atoms with Gasteiger partial charge >= 0.3 is 0 Å². The molecule has 0 spiro atoms. The number of carbonyl (C=O) groups excluding carboxylic acids is 1. The molecule has 1 aromatic rings. The molecule has 5 nitrogen and oxygen atoms in total. The molecule has 1 aromatic heterocycles. The van der Waals surface area contributed by atoms with Crippen molar-refractivity contribution < 1.29 is 4.79 Å². The maximum atomic E-state index is 11.7. The van der Waals surface area contributed by atoms with Crippen LogP contribution in [0, 0.1) is 0 Å². The fourth-order valence-electron chi connectivity index (χ4n) is 2.17. The second-order valence-electron chi connectivity index (χ2n) is 4.45. The molecule has 94 valence electrons. The van der Waals surface area contributed by atoms with Gasteiger partial charge in [0.25, 0.3) is 0 Å². The van der Waals surface area contributed by atoms with Gasteiger partial charge in [-0.25, -0.2) is 4.98 Å². The lowest BCUT2D eigenvalue weighted by Gasteiger charge is -2.13. The van der Waals surface area contributed by atoms with E-state index in [1.165, 1.54) is 6.42 Å². The molecule has 2 heterocycles. The van der Waals surface area contributed by atoms with Gasteiger partial charge in [0.2, 0.25) is 5.91 Å². The van der Waals surface area contributed by atoms with E-state index >= 15 is 0 Å². The molecule has 1 unspecified atom stereocenters. The average Bonchev–Trinajstić information content (AvgIpc) is 2.95. The van der Waals surface area contributed by atoms with Gasteiger partial charge in [0.05, 0.1) is 12.0 Å². The SMILES string of the molecule is CCCNC(=O)Cn1cncc1C1CCCN1. The van der Waals surface area contributed by atoms with E-state index in [0.29, 0.717) is 12.6 Å². The number of amides is 1. The Bertz CT molecular complexity index is 368. The highest BCUT2D eigenvalue weighted by molar-refractivity contribution is 5.75. The first-order valence-corrected chi connectivity index (χ1v) is 6.31. The number of nitrogens with zero attached hydrogens (tertiary/aromatic N) is 2. The van der Waals surface area contributed by atoms with Crippen LogP contribution >= 0.6 is 0 Å². The molecule has 1 aliphatic heterocycles. The summed E-state index contributed by atoms with van der Waals surface area (Å²) in [5.41, 5.74) is 1.12. The van der Waals surface area contributed by atoms with Gasteiger partial charge in [-0.3, -0.25) is 4.79 Å². The molecule has 1 fully saturated rings. The van der Waals surface area contributed by atoms with Gasteiger partial charge in [0, 0.05) is 18.8 Å². The molecule has 1 amide bonds. The number of carbonyl (C=O) groups is 1. The highest BCUT2D eigenvalue weighted by Gasteiger charge is 2.20. The Morgan fingerprint density at radius 3 is 3.29 bits per heavy atom. The zero-order valence-electron chi connectivity index (χ0n) is 10.3. The van der Waals surface area contributed by atoms with E-state index in [0.717, 1.165) is 31.6 Å². The van der Waals surface area contributed by atoms with Gasteiger partial charge in [-0.1, -0.05) is 6.92 Å². The van der Waals surface area contributed by atoms with E-state index in [1.54, 1.807) is 6.33 Å². The quantitative estimate of drug-likeness (QED) is 0.796. The molecule has 0 saturated carbocycles. The fourth-order valence-corrected chi connectivity index (χ4v) is 2.17. The summed E-state index contributed by atoms with van der Waals surface area (Å²) in [6, 6.07) is 0.358. The molecule has 2 N–H and O–H groups in total. The lowest BCUT2D eigenvalue weighted by atomic mass is 10.2. The number of hydrogen-bond donors (Lipinski definition) is 2. The van der Waals surface area contributed by atoms with Crippen LogP contribution < -0.4 is 10.6 Å². The van der Waals surface area contributed by atoms with Gasteiger partial charge in [-0.15, -0.1) is 0 Å². The maximum absolute atomic E-state index is 11.7. The van der Waals surface area contributed by atoms with Crippen LogP contribution in [0.5, 0.6) is 0 Å². The molecule has 2 rings (SSSR count). The van der Waals surface area contributed by atoms with Crippen molar-refractivity contribution in [3.05, 3.63) is 18.2 Å². The second kappa shape index (κ2) is 5.82. The van der Waals surface area contributed by atoms with Crippen molar-refractivity contribution in [1.29, 1.82) is 0 Å². The van der Waals surface area contributed by atoms with Crippen molar-refractivity contribution in [3.8, 4) is 0 Å². The summed E-state index contributed by atoms with van der Waals surface area (Å²) >= 11 is 0. The number of hydrogen-bond acceptors (Lipinski definition) is 3. The van der Waals surface area contributed by atoms with E-state index in [4.69, 9.17) is 0 Å². The Hall–Kier alpha value is -1.36. The molecule has 0 aliphatic carbocycles. The van der Waals surface area contributed by atoms with Crippen molar-refractivity contribution in [3.63, 3.8) is 0 Å². The van der Waals surface area contributed by atoms with Gasteiger partial charge in [-0.05, 0) is 25.8 Å². The third-order valence-electron chi connectivity index (χ3n) is 3.05. The smallest absolute Gasteiger partial charge is 0.239 e. The van der Waals surface area contributed by atoms with Crippen LogP contribution in [0.15, 0.2) is 12.5 Å². The van der Waals surface area contributed by atoms with Gasteiger partial charge < -0.3 is 15.2 Å². The summed E-state index contributed by atoms with van der Waals surface area (Å²) in [5, 5.41) is 6.30. The van der Waals surface area contributed by atoms with Crippen molar-refractivity contribution in [2.24, 2.45) is 0 Å². The third kappa shape index (κ3) is 3.06. The summed E-state index contributed by atoms with van der Waals surface area (Å²) in [6.07, 6.45) is 6.88. The Kier molecular flexibility index (Phi) is 4.14. The van der Waals surface area contributed by atoms with Crippen LogP contribution in [0.25, 0.3) is 0 Å². The molecule has 1 aliphatic rings. The van der Waals surface area contributed by atoms with E-state index in [-0.39, 0.29) is 5.91 Å². The monoisotopic (exact) mass is 236 g/mol. The molecular formula is C12H20N4O. The molecule has 0 aromatic carbocycles. The van der Waals surface area contributed by atoms with Crippen molar-refractivity contribution in [1.82, 2.24) is 20.2 Å².